The Balaban J connectivity index is 2.09. The Morgan fingerprint density at radius 3 is 1.85 bits per heavy atom. The van der Waals surface area contributed by atoms with Crippen molar-refractivity contribution < 1.29 is 14.3 Å². The predicted molar refractivity (Wildman–Crippen MR) is 43.9 cm³/mol. The van der Waals surface area contributed by atoms with Crippen LogP contribution >= 0.6 is 0 Å². The van der Waals surface area contributed by atoms with Gasteiger partial charge in [0.05, 0.1) is 24.0 Å². The molecule has 2 heterocycles. The first kappa shape index (κ1) is 7.21. The van der Waals surface area contributed by atoms with Crippen molar-refractivity contribution in [3.05, 3.63) is 24.3 Å². The molecule has 13 heavy (non-hydrogen) atoms. The zero-order valence-electron chi connectivity index (χ0n) is 6.84. The molecule has 66 valence electrons. The molecule has 1 fully saturated rings. The van der Waals surface area contributed by atoms with E-state index in [1.807, 2.05) is 12.2 Å². The molecule has 2 aliphatic heterocycles. The van der Waals surface area contributed by atoms with Gasteiger partial charge in [0, 0.05) is 0 Å². The lowest BCUT2D eigenvalue weighted by Gasteiger charge is -2.23. The molecule has 1 aliphatic carbocycles. The molecule has 0 aromatic rings. The first-order valence-electron chi connectivity index (χ1n) is 4.37. The molecule has 3 heteroatoms. The number of hydrogen-bond donors (Lipinski definition) is 0. The van der Waals surface area contributed by atoms with Crippen LogP contribution in [0.15, 0.2) is 24.3 Å². The van der Waals surface area contributed by atoms with Crippen molar-refractivity contribution in [1.29, 1.82) is 0 Å². The van der Waals surface area contributed by atoms with Gasteiger partial charge in [-0.15, -0.1) is 0 Å². The average Bonchev–Trinajstić information content (AvgIpc) is 2.70. The summed E-state index contributed by atoms with van der Waals surface area (Å²) >= 11 is 0. The predicted octanol–water partition coefficient (Wildman–Crippen LogP) is 0.264. The van der Waals surface area contributed by atoms with Crippen molar-refractivity contribution in [1.82, 2.24) is 0 Å². The Hall–Kier alpha value is -1.22. The lowest BCUT2D eigenvalue weighted by atomic mass is 9.75. The molecule has 0 radical (unpaired) electrons. The number of rotatable bonds is 0. The highest BCUT2D eigenvalue weighted by atomic mass is 16.5. The molecule has 1 saturated heterocycles. The van der Waals surface area contributed by atoms with E-state index in [0.29, 0.717) is 0 Å². The summed E-state index contributed by atoms with van der Waals surface area (Å²) in [6, 6.07) is 0. The second-order valence-electron chi connectivity index (χ2n) is 3.64. The van der Waals surface area contributed by atoms with Gasteiger partial charge in [0.1, 0.15) is 0 Å². The highest BCUT2D eigenvalue weighted by molar-refractivity contribution is 6.08. The number of fused-ring (bicyclic) bond motifs is 5. The van der Waals surface area contributed by atoms with Crippen molar-refractivity contribution in [2.45, 2.75) is 12.2 Å². The van der Waals surface area contributed by atoms with Gasteiger partial charge in [-0.1, -0.05) is 12.2 Å². The molecule has 3 rings (SSSR count). The van der Waals surface area contributed by atoms with E-state index in [-0.39, 0.29) is 35.6 Å². The fourth-order valence-corrected chi connectivity index (χ4v) is 2.37. The molecular formula is C10H8O3. The number of carbonyl (C=O) groups is 2. The minimum Gasteiger partial charge on any atom is -0.365 e. The molecule has 0 spiro atoms. The van der Waals surface area contributed by atoms with Crippen LogP contribution < -0.4 is 0 Å². The zero-order chi connectivity index (χ0) is 9.00. The van der Waals surface area contributed by atoms with Crippen LogP contribution in [-0.2, 0) is 14.3 Å². The fourth-order valence-electron chi connectivity index (χ4n) is 2.37. The van der Waals surface area contributed by atoms with Gasteiger partial charge < -0.3 is 4.74 Å². The van der Waals surface area contributed by atoms with Crippen molar-refractivity contribution in [3.8, 4) is 0 Å². The second kappa shape index (κ2) is 2.17. The van der Waals surface area contributed by atoms with Gasteiger partial charge in [0.25, 0.3) is 0 Å². The lowest BCUT2D eigenvalue weighted by molar-refractivity contribution is -0.128. The van der Waals surface area contributed by atoms with E-state index in [4.69, 9.17) is 4.74 Å². The Morgan fingerprint density at radius 2 is 1.38 bits per heavy atom. The zero-order valence-corrected chi connectivity index (χ0v) is 6.84. The van der Waals surface area contributed by atoms with Gasteiger partial charge in [-0.3, -0.25) is 9.59 Å². The summed E-state index contributed by atoms with van der Waals surface area (Å²) in [5.41, 5.74) is 0. The monoisotopic (exact) mass is 176 g/mol. The Labute approximate surface area is 75.1 Å². The average molecular weight is 176 g/mol. The third-order valence-electron chi connectivity index (χ3n) is 2.97. The highest BCUT2D eigenvalue weighted by Gasteiger charge is 2.52. The van der Waals surface area contributed by atoms with Crippen molar-refractivity contribution in [3.63, 3.8) is 0 Å². The number of ether oxygens (including phenoxy) is 1. The standard InChI is InChI=1S/C10H8O3/c11-5-1-2-6(12)10-8-4-3-7(13-8)9(5)10/h1-4,7-10H/t7-,8+,9+,10-. The molecule has 4 atom stereocenters. The van der Waals surface area contributed by atoms with Gasteiger partial charge in [-0.25, -0.2) is 0 Å². The maximum absolute atomic E-state index is 11.5. The molecule has 2 bridgehead atoms. The van der Waals surface area contributed by atoms with Crippen LogP contribution in [0.4, 0.5) is 0 Å². The molecule has 3 nitrogen and oxygen atoms in total. The molecule has 0 aromatic carbocycles. The Bertz CT molecular complexity index is 321. The minimum absolute atomic E-state index is 0.0291. The molecule has 0 N–H and O–H groups in total. The van der Waals surface area contributed by atoms with Crippen LogP contribution in [0.25, 0.3) is 0 Å². The van der Waals surface area contributed by atoms with E-state index in [2.05, 4.69) is 0 Å². The summed E-state index contributed by atoms with van der Waals surface area (Å²) in [5.74, 6) is -0.428. The SMILES string of the molecule is O=C1C=CC(=O)[C@H]2[C@@H]1[C@H]1C=C[C@@H]2O1. The van der Waals surface area contributed by atoms with Gasteiger partial charge in [-0.05, 0) is 12.2 Å². The van der Waals surface area contributed by atoms with E-state index >= 15 is 0 Å². The summed E-state index contributed by atoms with van der Waals surface area (Å²) in [6.07, 6.45) is 6.21. The number of allylic oxidation sites excluding steroid dienone is 2. The Morgan fingerprint density at radius 1 is 0.923 bits per heavy atom. The summed E-state index contributed by atoms with van der Waals surface area (Å²) < 4.78 is 5.47. The quantitative estimate of drug-likeness (QED) is 0.497. The maximum atomic E-state index is 11.5. The lowest BCUT2D eigenvalue weighted by Crippen LogP contribution is -2.37. The summed E-state index contributed by atoms with van der Waals surface area (Å²) in [7, 11) is 0. The summed E-state index contributed by atoms with van der Waals surface area (Å²) in [4.78, 5) is 22.9. The van der Waals surface area contributed by atoms with E-state index < -0.39 is 0 Å². The third kappa shape index (κ3) is 0.773. The normalized spacial score (nSPS) is 45.8. The van der Waals surface area contributed by atoms with Crippen LogP contribution in [-0.4, -0.2) is 23.8 Å². The molecule has 3 aliphatic rings. The molecule has 0 amide bonds. The van der Waals surface area contributed by atoms with Crippen LogP contribution in [0.5, 0.6) is 0 Å². The molecular weight excluding hydrogens is 168 g/mol. The van der Waals surface area contributed by atoms with E-state index in [9.17, 15) is 9.59 Å². The smallest absolute Gasteiger partial charge is 0.162 e. The highest BCUT2D eigenvalue weighted by Crippen LogP contribution is 2.41. The van der Waals surface area contributed by atoms with Crippen molar-refractivity contribution in [2.24, 2.45) is 11.8 Å². The van der Waals surface area contributed by atoms with Gasteiger partial charge in [0.15, 0.2) is 11.6 Å². The van der Waals surface area contributed by atoms with Crippen LogP contribution in [0.1, 0.15) is 0 Å². The van der Waals surface area contributed by atoms with E-state index in [0.717, 1.165) is 0 Å². The number of hydrogen-bond acceptors (Lipinski definition) is 3. The second-order valence-corrected chi connectivity index (χ2v) is 3.64. The molecule has 0 unspecified atom stereocenters. The summed E-state index contributed by atoms with van der Waals surface area (Å²) in [5, 5.41) is 0. The van der Waals surface area contributed by atoms with E-state index in [1.54, 1.807) is 0 Å². The summed E-state index contributed by atoms with van der Waals surface area (Å²) in [6.45, 7) is 0. The fraction of sp³-hybridized carbons (Fsp3) is 0.400. The minimum atomic E-state index is -0.243. The number of carbonyl (C=O) groups excluding carboxylic acids is 2. The van der Waals surface area contributed by atoms with Crippen molar-refractivity contribution in [2.75, 3.05) is 0 Å². The van der Waals surface area contributed by atoms with E-state index in [1.165, 1.54) is 12.2 Å². The van der Waals surface area contributed by atoms with Gasteiger partial charge in [0.2, 0.25) is 0 Å². The van der Waals surface area contributed by atoms with Gasteiger partial charge >= 0.3 is 0 Å². The topological polar surface area (TPSA) is 43.4 Å². The number of ketones is 2. The molecule has 0 saturated carbocycles. The first-order valence-corrected chi connectivity index (χ1v) is 4.37. The maximum Gasteiger partial charge on any atom is 0.162 e. The molecule has 0 aromatic heterocycles. The van der Waals surface area contributed by atoms with Gasteiger partial charge in [-0.2, -0.15) is 0 Å². The first-order chi connectivity index (χ1) is 6.27. The van der Waals surface area contributed by atoms with Crippen molar-refractivity contribution >= 4 is 11.6 Å². The van der Waals surface area contributed by atoms with Crippen LogP contribution in [0.2, 0.25) is 0 Å². The third-order valence-corrected chi connectivity index (χ3v) is 2.97. The Kier molecular flexibility index (Phi) is 1.21. The van der Waals surface area contributed by atoms with Crippen LogP contribution in [0.3, 0.4) is 0 Å². The van der Waals surface area contributed by atoms with Crippen LogP contribution in [0, 0.1) is 11.8 Å². The largest absolute Gasteiger partial charge is 0.365 e.